The predicted molar refractivity (Wildman–Crippen MR) is 76.1 cm³/mol. The number of amides is 2. The molecular formula is C15H23N3O2. The highest BCUT2D eigenvalue weighted by Gasteiger charge is 2.36. The van der Waals surface area contributed by atoms with Crippen molar-refractivity contribution in [2.24, 2.45) is 11.0 Å². The standard InChI is InChI=1S/C15H23N3O2/c19-14-9-8-13(16-17-14)15(20)18(12-6-7-12)10-11-4-2-1-3-5-11/h11-12H,1-10H2,(H,17,19). The van der Waals surface area contributed by atoms with Crippen molar-refractivity contribution in [2.75, 3.05) is 6.54 Å². The van der Waals surface area contributed by atoms with Crippen LogP contribution in [0.15, 0.2) is 5.10 Å². The smallest absolute Gasteiger partial charge is 0.270 e. The summed E-state index contributed by atoms with van der Waals surface area (Å²) in [6, 6.07) is 0.421. The van der Waals surface area contributed by atoms with Crippen molar-refractivity contribution in [1.82, 2.24) is 10.3 Å². The third-order valence-electron chi connectivity index (χ3n) is 4.58. The highest BCUT2D eigenvalue weighted by atomic mass is 16.2. The van der Waals surface area contributed by atoms with E-state index >= 15 is 0 Å². The third kappa shape index (κ3) is 3.19. The lowest BCUT2D eigenvalue weighted by molar-refractivity contribution is -0.125. The Bertz CT molecular complexity index is 423. The molecule has 0 aromatic carbocycles. The number of hydrogen-bond donors (Lipinski definition) is 1. The van der Waals surface area contributed by atoms with Crippen molar-refractivity contribution in [3.8, 4) is 0 Å². The minimum atomic E-state index is -0.0909. The molecule has 5 nitrogen and oxygen atoms in total. The Balaban J connectivity index is 1.63. The van der Waals surface area contributed by atoms with Crippen LogP contribution in [0, 0.1) is 5.92 Å². The monoisotopic (exact) mass is 277 g/mol. The van der Waals surface area contributed by atoms with Crippen molar-refractivity contribution in [1.29, 1.82) is 0 Å². The number of carbonyl (C=O) groups is 2. The topological polar surface area (TPSA) is 61.8 Å². The Hall–Kier alpha value is -1.39. The van der Waals surface area contributed by atoms with E-state index in [0.29, 0.717) is 30.5 Å². The first-order valence-electron chi connectivity index (χ1n) is 7.90. The second-order valence-electron chi connectivity index (χ2n) is 6.29. The van der Waals surface area contributed by atoms with E-state index in [9.17, 15) is 9.59 Å². The van der Waals surface area contributed by atoms with Crippen LogP contribution in [0.3, 0.4) is 0 Å². The van der Waals surface area contributed by atoms with Crippen LogP contribution in [-0.2, 0) is 9.59 Å². The minimum absolute atomic E-state index is 0.0538. The van der Waals surface area contributed by atoms with Gasteiger partial charge in [-0.25, -0.2) is 5.43 Å². The lowest BCUT2D eigenvalue weighted by atomic mass is 9.88. The molecule has 1 N–H and O–H groups in total. The SMILES string of the molecule is O=C1CCC(C(=O)N(CC2CCCCC2)C2CC2)=NN1. The second kappa shape index (κ2) is 5.94. The molecule has 1 heterocycles. The summed E-state index contributed by atoms with van der Waals surface area (Å²) in [7, 11) is 0. The Morgan fingerprint density at radius 3 is 2.50 bits per heavy atom. The highest BCUT2D eigenvalue weighted by Crippen LogP contribution is 2.31. The zero-order valence-corrected chi connectivity index (χ0v) is 11.9. The van der Waals surface area contributed by atoms with Gasteiger partial charge < -0.3 is 4.90 Å². The second-order valence-corrected chi connectivity index (χ2v) is 6.29. The Labute approximate surface area is 119 Å². The molecule has 2 saturated carbocycles. The van der Waals surface area contributed by atoms with Crippen LogP contribution in [-0.4, -0.2) is 35.0 Å². The van der Waals surface area contributed by atoms with Gasteiger partial charge in [-0.1, -0.05) is 19.3 Å². The molecule has 0 aromatic rings. The molecule has 5 heteroatoms. The Morgan fingerprint density at radius 2 is 1.90 bits per heavy atom. The van der Waals surface area contributed by atoms with Crippen molar-refractivity contribution in [2.45, 2.75) is 63.8 Å². The highest BCUT2D eigenvalue weighted by molar-refractivity contribution is 6.39. The first-order chi connectivity index (χ1) is 9.74. The van der Waals surface area contributed by atoms with Crippen LogP contribution in [0.4, 0.5) is 0 Å². The number of nitrogens with one attached hydrogen (secondary N) is 1. The number of nitrogens with zero attached hydrogens (tertiary/aromatic N) is 2. The Kier molecular flexibility index (Phi) is 4.03. The molecule has 0 saturated heterocycles. The molecule has 1 aliphatic heterocycles. The van der Waals surface area contributed by atoms with Crippen LogP contribution in [0.1, 0.15) is 57.8 Å². The quantitative estimate of drug-likeness (QED) is 0.852. The van der Waals surface area contributed by atoms with Gasteiger partial charge in [0.15, 0.2) is 0 Å². The van der Waals surface area contributed by atoms with E-state index in [1.165, 1.54) is 32.1 Å². The summed E-state index contributed by atoms with van der Waals surface area (Å²) >= 11 is 0. The number of hydrogen-bond acceptors (Lipinski definition) is 3. The van der Waals surface area contributed by atoms with Gasteiger partial charge in [-0.3, -0.25) is 9.59 Å². The summed E-state index contributed by atoms with van der Waals surface area (Å²) in [6.45, 7) is 0.885. The molecule has 0 radical (unpaired) electrons. The predicted octanol–water partition coefficient (Wildman–Crippen LogP) is 1.82. The van der Waals surface area contributed by atoms with Gasteiger partial charge in [0, 0.05) is 25.4 Å². The average molecular weight is 277 g/mol. The van der Waals surface area contributed by atoms with Gasteiger partial charge in [0.1, 0.15) is 5.71 Å². The molecule has 2 aliphatic carbocycles. The molecule has 0 spiro atoms. The van der Waals surface area contributed by atoms with Crippen LogP contribution < -0.4 is 5.43 Å². The van der Waals surface area contributed by atoms with Crippen LogP contribution in [0.2, 0.25) is 0 Å². The first kappa shape index (κ1) is 13.6. The zero-order valence-electron chi connectivity index (χ0n) is 11.9. The van der Waals surface area contributed by atoms with E-state index in [-0.39, 0.29) is 11.8 Å². The van der Waals surface area contributed by atoms with Gasteiger partial charge in [0.25, 0.3) is 5.91 Å². The molecule has 0 bridgehead atoms. The molecule has 20 heavy (non-hydrogen) atoms. The lowest BCUT2D eigenvalue weighted by Crippen LogP contribution is -2.43. The fraction of sp³-hybridized carbons (Fsp3) is 0.800. The zero-order chi connectivity index (χ0) is 13.9. The van der Waals surface area contributed by atoms with E-state index < -0.39 is 0 Å². The maximum atomic E-state index is 12.6. The van der Waals surface area contributed by atoms with Gasteiger partial charge in [0.2, 0.25) is 5.91 Å². The maximum absolute atomic E-state index is 12.6. The van der Waals surface area contributed by atoms with Crippen molar-refractivity contribution in [3.05, 3.63) is 0 Å². The van der Waals surface area contributed by atoms with E-state index in [0.717, 1.165) is 19.4 Å². The molecule has 0 aromatic heterocycles. The van der Waals surface area contributed by atoms with Gasteiger partial charge in [-0.05, 0) is 31.6 Å². The van der Waals surface area contributed by atoms with Crippen molar-refractivity contribution in [3.63, 3.8) is 0 Å². The number of rotatable bonds is 4. The van der Waals surface area contributed by atoms with Crippen molar-refractivity contribution >= 4 is 17.5 Å². The summed E-state index contributed by atoms with van der Waals surface area (Å²) in [5.41, 5.74) is 2.97. The van der Waals surface area contributed by atoms with E-state index in [1.807, 2.05) is 4.90 Å². The molecule has 2 fully saturated rings. The molecule has 0 atom stereocenters. The molecule has 2 amide bonds. The minimum Gasteiger partial charge on any atom is -0.334 e. The van der Waals surface area contributed by atoms with Gasteiger partial charge >= 0.3 is 0 Å². The first-order valence-corrected chi connectivity index (χ1v) is 7.90. The average Bonchev–Trinajstić information content (AvgIpc) is 3.30. The summed E-state index contributed by atoms with van der Waals surface area (Å²) in [6.07, 6.45) is 9.55. The normalized spacial score (nSPS) is 24.0. The van der Waals surface area contributed by atoms with Gasteiger partial charge in [0.05, 0.1) is 0 Å². The van der Waals surface area contributed by atoms with Crippen LogP contribution in [0.25, 0.3) is 0 Å². The maximum Gasteiger partial charge on any atom is 0.270 e. The van der Waals surface area contributed by atoms with E-state index in [2.05, 4.69) is 10.5 Å². The lowest BCUT2D eigenvalue weighted by Gasteiger charge is -2.30. The summed E-state index contributed by atoms with van der Waals surface area (Å²) < 4.78 is 0. The van der Waals surface area contributed by atoms with Gasteiger partial charge in [-0.2, -0.15) is 5.10 Å². The summed E-state index contributed by atoms with van der Waals surface area (Å²) in [5.74, 6) is 0.622. The molecule has 0 unspecified atom stereocenters. The fourth-order valence-electron chi connectivity index (χ4n) is 3.23. The number of carbonyl (C=O) groups excluding carboxylic acids is 2. The fourth-order valence-corrected chi connectivity index (χ4v) is 3.23. The largest absolute Gasteiger partial charge is 0.334 e. The summed E-state index contributed by atoms with van der Waals surface area (Å²) in [5, 5.41) is 3.96. The number of hydrazone groups is 1. The molecule has 3 rings (SSSR count). The Morgan fingerprint density at radius 1 is 1.15 bits per heavy atom. The van der Waals surface area contributed by atoms with Gasteiger partial charge in [-0.15, -0.1) is 0 Å². The summed E-state index contributed by atoms with van der Waals surface area (Å²) in [4.78, 5) is 25.8. The van der Waals surface area contributed by atoms with E-state index in [4.69, 9.17) is 0 Å². The van der Waals surface area contributed by atoms with E-state index in [1.54, 1.807) is 0 Å². The van der Waals surface area contributed by atoms with Crippen LogP contribution >= 0.6 is 0 Å². The van der Waals surface area contributed by atoms with Crippen LogP contribution in [0.5, 0.6) is 0 Å². The molecule has 3 aliphatic rings. The third-order valence-corrected chi connectivity index (χ3v) is 4.58. The molecule has 110 valence electrons. The van der Waals surface area contributed by atoms with Crippen molar-refractivity contribution < 1.29 is 9.59 Å². The molecular weight excluding hydrogens is 254 g/mol.